The molecule has 0 spiro atoms. The zero-order valence-electron chi connectivity index (χ0n) is 12.1. The van der Waals surface area contributed by atoms with Gasteiger partial charge in [0.1, 0.15) is 6.54 Å². The van der Waals surface area contributed by atoms with Crippen LogP contribution in [0.5, 0.6) is 0 Å². The van der Waals surface area contributed by atoms with Crippen molar-refractivity contribution in [2.24, 2.45) is 0 Å². The van der Waals surface area contributed by atoms with Gasteiger partial charge in [0.15, 0.2) is 0 Å². The monoisotopic (exact) mass is 319 g/mol. The van der Waals surface area contributed by atoms with E-state index in [9.17, 15) is 14.4 Å². The number of esters is 1. The zero-order valence-corrected chi connectivity index (χ0v) is 12.9. The molecule has 120 valence electrons. The summed E-state index contributed by atoms with van der Waals surface area (Å²) in [6, 6.07) is -0.550. The van der Waals surface area contributed by atoms with Crippen LogP contribution in [0.4, 0.5) is 0 Å². The van der Waals surface area contributed by atoms with Crippen molar-refractivity contribution in [2.45, 2.75) is 19.4 Å². The molecule has 1 atom stereocenters. The fourth-order valence-electron chi connectivity index (χ4n) is 1.93. The van der Waals surface area contributed by atoms with Gasteiger partial charge in [-0.15, -0.1) is 19.0 Å². The first-order valence-corrected chi connectivity index (χ1v) is 6.63. The van der Waals surface area contributed by atoms with Crippen molar-refractivity contribution >= 4 is 30.2 Å². The molecule has 1 saturated heterocycles. The summed E-state index contributed by atoms with van der Waals surface area (Å²) in [6.07, 6.45) is 1.66. The summed E-state index contributed by atoms with van der Waals surface area (Å²) in [5.74, 6) is -0.969. The van der Waals surface area contributed by atoms with Crippen LogP contribution in [-0.4, -0.2) is 61.5 Å². The highest BCUT2D eigenvalue weighted by atomic mass is 35.5. The molecule has 7 nitrogen and oxygen atoms in total. The SMILES string of the molecule is C=CCN1CCNC(CC(=O)NCC(=O)OCC)C1=O.Cl. The van der Waals surface area contributed by atoms with Gasteiger partial charge < -0.3 is 20.3 Å². The molecule has 1 fully saturated rings. The number of halogens is 1. The highest BCUT2D eigenvalue weighted by Gasteiger charge is 2.29. The van der Waals surface area contributed by atoms with E-state index < -0.39 is 12.0 Å². The average molecular weight is 320 g/mol. The van der Waals surface area contributed by atoms with Gasteiger partial charge in [0, 0.05) is 19.6 Å². The molecule has 1 aliphatic heterocycles. The lowest BCUT2D eigenvalue weighted by atomic mass is 10.1. The van der Waals surface area contributed by atoms with Gasteiger partial charge in [-0.05, 0) is 6.92 Å². The molecule has 21 heavy (non-hydrogen) atoms. The molecule has 0 aromatic rings. The van der Waals surface area contributed by atoms with E-state index >= 15 is 0 Å². The first-order chi connectivity index (χ1) is 9.58. The van der Waals surface area contributed by atoms with E-state index in [1.165, 1.54) is 0 Å². The predicted octanol–water partition coefficient (Wildman–Crippen LogP) is -0.536. The van der Waals surface area contributed by atoms with Gasteiger partial charge in [0.2, 0.25) is 11.8 Å². The molecule has 0 saturated carbocycles. The average Bonchev–Trinajstić information content (AvgIpc) is 2.42. The molecular formula is C13H22ClN3O4. The van der Waals surface area contributed by atoms with Crippen molar-refractivity contribution in [3.63, 3.8) is 0 Å². The Labute approximate surface area is 130 Å². The van der Waals surface area contributed by atoms with Crippen LogP contribution in [0.3, 0.4) is 0 Å². The summed E-state index contributed by atoms with van der Waals surface area (Å²) in [5, 5.41) is 5.44. The minimum Gasteiger partial charge on any atom is -0.465 e. The minimum absolute atomic E-state index is 0. The lowest BCUT2D eigenvalue weighted by Crippen LogP contribution is -2.56. The smallest absolute Gasteiger partial charge is 0.325 e. The lowest BCUT2D eigenvalue weighted by Gasteiger charge is -2.32. The summed E-state index contributed by atoms with van der Waals surface area (Å²) in [7, 11) is 0. The molecule has 2 amide bonds. The van der Waals surface area contributed by atoms with Gasteiger partial charge >= 0.3 is 5.97 Å². The molecule has 2 N–H and O–H groups in total. The van der Waals surface area contributed by atoms with Crippen LogP contribution < -0.4 is 10.6 Å². The van der Waals surface area contributed by atoms with E-state index in [2.05, 4.69) is 17.2 Å². The van der Waals surface area contributed by atoms with Crippen molar-refractivity contribution in [3.8, 4) is 0 Å². The number of ether oxygens (including phenoxy) is 1. The van der Waals surface area contributed by atoms with Gasteiger partial charge in [-0.25, -0.2) is 0 Å². The first kappa shape index (κ1) is 19.4. The Morgan fingerprint density at radius 2 is 2.29 bits per heavy atom. The number of hydrogen-bond acceptors (Lipinski definition) is 5. The number of piperazine rings is 1. The van der Waals surface area contributed by atoms with Crippen LogP contribution in [-0.2, 0) is 19.1 Å². The second-order valence-corrected chi connectivity index (χ2v) is 4.37. The summed E-state index contributed by atoms with van der Waals surface area (Å²) in [6.45, 7) is 7.10. The topological polar surface area (TPSA) is 87.7 Å². The summed E-state index contributed by atoms with van der Waals surface area (Å²) < 4.78 is 4.70. The number of carbonyl (C=O) groups is 3. The third-order valence-electron chi connectivity index (χ3n) is 2.86. The van der Waals surface area contributed by atoms with E-state index in [0.29, 0.717) is 19.6 Å². The molecule has 1 aliphatic rings. The predicted molar refractivity (Wildman–Crippen MR) is 80.1 cm³/mol. The van der Waals surface area contributed by atoms with E-state index in [1.54, 1.807) is 17.9 Å². The van der Waals surface area contributed by atoms with Crippen molar-refractivity contribution in [2.75, 3.05) is 32.8 Å². The molecule has 0 bridgehead atoms. The molecule has 0 aromatic carbocycles. The van der Waals surface area contributed by atoms with Crippen LogP contribution in [0.2, 0.25) is 0 Å². The molecule has 0 aromatic heterocycles. The second-order valence-electron chi connectivity index (χ2n) is 4.37. The van der Waals surface area contributed by atoms with Gasteiger partial charge in [-0.1, -0.05) is 6.08 Å². The summed E-state index contributed by atoms with van der Waals surface area (Å²) in [4.78, 5) is 36.5. The molecule has 0 radical (unpaired) electrons. The first-order valence-electron chi connectivity index (χ1n) is 6.63. The Morgan fingerprint density at radius 1 is 1.57 bits per heavy atom. The quantitative estimate of drug-likeness (QED) is 0.486. The number of hydrogen-bond donors (Lipinski definition) is 2. The summed E-state index contributed by atoms with van der Waals surface area (Å²) >= 11 is 0. The zero-order chi connectivity index (χ0) is 15.0. The Hall–Kier alpha value is -1.60. The van der Waals surface area contributed by atoms with Crippen LogP contribution in [0.25, 0.3) is 0 Å². The molecular weight excluding hydrogens is 298 g/mol. The van der Waals surface area contributed by atoms with E-state index in [-0.39, 0.29) is 43.8 Å². The third kappa shape index (κ3) is 6.59. The number of nitrogens with zero attached hydrogens (tertiary/aromatic N) is 1. The maximum atomic E-state index is 12.0. The van der Waals surface area contributed by atoms with Crippen molar-refractivity contribution in [3.05, 3.63) is 12.7 Å². The normalized spacial score (nSPS) is 17.7. The maximum absolute atomic E-state index is 12.0. The third-order valence-corrected chi connectivity index (χ3v) is 2.86. The highest BCUT2D eigenvalue weighted by molar-refractivity contribution is 5.90. The highest BCUT2D eigenvalue weighted by Crippen LogP contribution is 2.05. The Balaban J connectivity index is 0.00000400. The molecule has 1 unspecified atom stereocenters. The molecule has 8 heteroatoms. The fraction of sp³-hybridized carbons (Fsp3) is 0.615. The fourth-order valence-corrected chi connectivity index (χ4v) is 1.93. The van der Waals surface area contributed by atoms with Crippen LogP contribution in [0.15, 0.2) is 12.7 Å². The Bertz CT molecular complexity index is 390. The number of nitrogens with one attached hydrogen (secondary N) is 2. The van der Waals surface area contributed by atoms with Gasteiger partial charge in [-0.3, -0.25) is 14.4 Å². The molecule has 1 rings (SSSR count). The second kappa shape index (κ2) is 10.2. The van der Waals surface area contributed by atoms with Crippen molar-refractivity contribution < 1.29 is 19.1 Å². The minimum atomic E-state index is -0.550. The number of carbonyl (C=O) groups excluding carboxylic acids is 3. The lowest BCUT2D eigenvalue weighted by molar-refractivity contribution is -0.143. The van der Waals surface area contributed by atoms with E-state index in [1.807, 2.05) is 0 Å². The summed E-state index contributed by atoms with van der Waals surface area (Å²) in [5.41, 5.74) is 0. The van der Waals surface area contributed by atoms with Gasteiger partial charge in [0.25, 0.3) is 0 Å². The van der Waals surface area contributed by atoms with Crippen LogP contribution in [0.1, 0.15) is 13.3 Å². The largest absolute Gasteiger partial charge is 0.465 e. The molecule has 1 heterocycles. The Kier molecular flexibility index (Phi) is 9.40. The van der Waals surface area contributed by atoms with Crippen molar-refractivity contribution in [1.82, 2.24) is 15.5 Å². The van der Waals surface area contributed by atoms with Crippen LogP contribution in [0, 0.1) is 0 Å². The Morgan fingerprint density at radius 3 is 2.90 bits per heavy atom. The molecule has 0 aliphatic carbocycles. The number of amides is 2. The van der Waals surface area contributed by atoms with Crippen LogP contribution >= 0.6 is 12.4 Å². The van der Waals surface area contributed by atoms with Gasteiger partial charge in [-0.2, -0.15) is 0 Å². The van der Waals surface area contributed by atoms with E-state index in [4.69, 9.17) is 4.74 Å². The van der Waals surface area contributed by atoms with Crippen molar-refractivity contribution in [1.29, 1.82) is 0 Å². The van der Waals surface area contributed by atoms with Gasteiger partial charge in [0.05, 0.1) is 19.1 Å². The standard InChI is InChI=1S/C13H21N3O4.ClH/c1-3-6-16-7-5-14-10(13(16)19)8-11(17)15-9-12(18)20-4-2;/h3,10,14H,1,4-9H2,2H3,(H,15,17);1H. The number of rotatable bonds is 7. The van der Waals surface area contributed by atoms with E-state index in [0.717, 1.165) is 0 Å². The maximum Gasteiger partial charge on any atom is 0.325 e.